The predicted octanol–water partition coefficient (Wildman–Crippen LogP) is 2.32. The van der Waals surface area contributed by atoms with Gasteiger partial charge in [0.2, 0.25) is 0 Å². The van der Waals surface area contributed by atoms with Crippen molar-refractivity contribution in [3.8, 4) is 0 Å². The lowest BCUT2D eigenvalue weighted by Crippen LogP contribution is -2.00. The molecular formula is C10H12O2. The van der Waals surface area contributed by atoms with Gasteiger partial charge in [-0.3, -0.25) is 0 Å². The van der Waals surface area contributed by atoms with Gasteiger partial charge in [-0.05, 0) is 12.5 Å². The lowest BCUT2D eigenvalue weighted by atomic mass is 10.1. The first-order valence-electron chi connectivity index (χ1n) is 3.52. The minimum absolute atomic E-state index is 0.211. The maximum absolute atomic E-state index is 10.6. The summed E-state index contributed by atoms with van der Waals surface area (Å²) in [4.78, 5) is 10.6. The van der Waals surface area contributed by atoms with Crippen LogP contribution in [0.3, 0.4) is 0 Å². The van der Waals surface area contributed by atoms with E-state index < -0.39 is 5.97 Å². The summed E-state index contributed by atoms with van der Waals surface area (Å²) in [6, 6.07) is 0. The summed E-state index contributed by atoms with van der Waals surface area (Å²) in [6.07, 6.45) is 6.12. The van der Waals surface area contributed by atoms with Crippen LogP contribution in [0.15, 0.2) is 48.6 Å². The Bertz CT molecular complexity index is 247. The van der Waals surface area contributed by atoms with Gasteiger partial charge in [-0.15, -0.1) is 0 Å². The number of rotatable bonds is 4. The van der Waals surface area contributed by atoms with Gasteiger partial charge in [0.1, 0.15) is 0 Å². The summed E-state index contributed by atoms with van der Waals surface area (Å²) in [5.41, 5.74) is 0.739. The van der Waals surface area contributed by atoms with Crippen molar-refractivity contribution in [2.75, 3.05) is 0 Å². The smallest absolute Gasteiger partial charge is 0.336 e. The van der Waals surface area contributed by atoms with E-state index in [2.05, 4.69) is 13.2 Å². The van der Waals surface area contributed by atoms with Gasteiger partial charge in [-0.2, -0.15) is 0 Å². The molecule has 0 fully saturated rings. The third-order valence-corrected chi connectivity index (χ3v) is 1.31. The molecule has 0 aromatic rings. The molecule has 0 aliphatic heterocycles. The molecule has 0 saturated heterocycles. The quantitative estimate of drug-likeness (QED) is 0.511. The van der Waals surface area contributed by atoms with Crippen LogP contribution in [0, 0.1) is 0 Å². The van der Waals surface area contributed by atoms with Gasteiger partial charge in [0.15, 0.2) is 0 Å². The molecule has 0 atom stereocenters. The number of aliphatic carboxylic acids is 1. The van der Waals surface area contributed by atoms with Crippen LogP contribution < -0.4 is 0 Å². The third kappa shape index (κ3) is 2.58. The van der Waals surface area contributed by atoms with E-state index in [1.807, 2.05) is 0 Å². The van der Waals surface area contributed by atoms with Gasteiger partial charge >= 0.3 is 5.97 Å². The molecule has 0 rings (SSSR count). The average Bonchev–Trinajstić information content (AvgIpc) is 2.05. The van der Waals surface area contributed by atoms with Crippen LogP contribution in [0.5, 0.6) is 0 Å². The Labute approximate surface area is 72.2 Å². The summed E-state index contributed by atoms with van der Waals surface area (Å²) in [6.45, 7) is 8.74. The fourth-order valence-electron chi connectivity index (χ4n) is 0.761. The minimum Gasteiger partial charge on any atom is -0.478 e. The number of allylic oxidation sites excluding steroid dienone is 4. The van der Waals surface area contributed by atoms with Gasteiger partial charge in [-0.1, -0.05) is 37.5 Å². The molecule has 0 aromatic carbocycles. The second-order valence-corrected chi connectivity index (χ2v) is 2.08. The first kappa shape index (κ1) is 10.4. The van der Waals surface area contributed by atoms with E-state index in [0.29, 0.717) is 5.57 Å². The van der Waals surface area contributed by atoms with Gasteiger partial charge < -0.3 is 5.11 Å². The molecule has 0 bridgehead atoms. The van der Waals surface area contributed by atoms with Gasteiger partial charge in [0.05, 0.1) is 5.57 Å². The molecule has 0 unspecified atom stereocenters. The van der Waals surface area contributed by atoms with Crippen molar-refractivity contribution in [2.45, 2.75) is 6.92 Å². The maximum atomic E-state index is 10.6. The van der Waals surface area contributed by atoms with Gasteiger partial charge in [0.25, 0.3) is 0 Å². The van der Waals surface area contributed by atoms with Crippen LogP contribution in [0.2, 0.25) is 0 Å². The fourth-order valence-corrected chi connectivity index (χ4v) is 0.761. The van der Waals surface area contributed by atoms with Crippen molar-refractivity contribution in [3.63, 3.8) is 0 Å². The Morgan fingerprint density at radius 1 is 1.33 bits per heavy atom. The zero-order valence-corrected chi connectivity index (χ0v) is 7.08. The second kappa shape index (κ2) is 5.13. The van der Waals surface area contributed by atoms with Crippen LogP contribution in [-0.4, -0.2) is 11.1 Å². The van der Waals surface area contributed by atoms with Crippen LogP contribution >= 0.6 is 0 Å². The van der Waals surface area contributed by atoms with Crippen LogP contribution in [-0.2, 0) is 4.79 Å². The Balaban J connectivity index is 5.16. The summed E-state index contributed by atoms with van der Waals surface area (Å²) in [5.74, 6) is -0.970. The van der Waals surface area contributed by atoms with Crippen LogP contribution in [0.4, 0.5) is 0 Å². The van der Waals surface area contributed by atoms with Crippen molar-refractivity contribution in [3.05, 3.63) is 48.6 Å². The summed E-state index contributed by atoms with van der Waals surface area (Å²) < 4.78 is 0. The highest BCUT2D eigenvalue weighted by Crippen LogP contribution is 2.08. The summed E-state index contributed by atoms with van der Waals surface area (Å²) >= 11 is 0. The molecule has 0 spiro atoms. The van der Waals surface area contributed by atoms with E-state index in [1.54, 1.807) is 13.0 Å². The maximum Gasteiger partial charge on any atom is 0.336 e. The summed E-state index contributed by atoms with van der Waals surface area (Å²) in [5, 5.41) is 8.73. The van der Waals surface area contributed by atoms with E-state index in [0.717, 1.165) is 0 Å². The molecule has 0 saturated carbocycles. The van der Waals surface area contributed by atoms with Crippen molar-refractivity contribution in [2.24, 2.45) is 0 Å². The Morgan fingerprint density at radius 2 is 1.83 bits per heavy atom. The molecule has 0 radical (unpaired) electrons. The topological polar surface area (TPSA) is 37.3 Å². The van der Waals surface area contributed by atoms with Crippen molar-refractivity contribution in [1.29, 1.82) is 0 Å². The highest BCUT2D eigenvalue weighted by atomic mass is 16.4. The minimum atomic E-state index is -0.970. The number of carboxylic acid groups (broad SMARTS) is 1. The van der Waals surface area contributed by atoms with Crippen molar-refractivity contribution < 1.29 is 9.90 Å². The number of carboxylic acids is 1. The molecular weight excluding hydrogens is 152 g/mol. The molecule has 2 nitrogen and oxygen atoms in total. The lowest BCUT2D eigenvalue weighted by Gasteiger charge is -1.98. The Morgan fingerprint density at radius 3 is 2.08 bits per heavy atom. The highest BCUT2D eigenvalue weighted by molar-refractivity contribution is 5.92. The molecule has 0 heterocycles. The van der Waals surface area contributed by atoms with E-state index >= 15 is 0 Å². The van der Waals surface area contributed by atoms with E-state index in [9.17, 15) is 4.79 Å². The zero-order valence-electron chi connectivity index (χ0n) is 7.08. The molecule has 0 aliphatic carbocycles. The van der Waals surface area contributed by atoms with Crippen LogP contribution in [0.25, 0.3) is 0 Å². The first-order chi connectivity index (χ1) is 5.67. The highest BCUT2D eigenvalue weighted by Gasteiger charge is 2.05. The van der Waals surface area contributed by atoms with Gasteiger partial charge in [-0.25, -0.2) is 4.79 Å². The largest absolute Gasteiger partial charge is 0.478 e. The van der Waals surface area contributed by atoms with E-state index in [4.69, 9.17) is 5.11 Å². The molecule has 1 N–H and O–H groups in total. The average molecular weight is 164 g/mol. The molecule has 0 aromatic heterocycles. The fraction of sp³-hybridized carbons (Fsp3) is 0.100. The molecule has 0 aliphatic rings. The normalized spacial score (nSPS) is 9.42. The first-order valence-corrected chi connectivity index (χ1v) is 3.52. The molecule has 64 valence electrons. The standard InChI is InChI=1S/C10H12O2/c1-4-7-9(10(11)12)8(5-2)6-3/h4-7H,2-3H2,1H3,(H,11,12)/b7-4-. The SMILES string of the molecule is C=CC(C=C)=C(/C=C\C)C(=O)O. The second-order valence-electron chi connectivity index (χ2n) is 2.08. The van der Waals surface area contributed by atoms with E-state index in [-0.39, 0.29) is 5.57 Å². The third-order valence-electron chi connectivity index (χ3n) is 1.31. The van der Waals surface area contributed by atoms with Crippen molar-refractivity contribution in [1.82, 2.24) is 0 Å². The number of hydrogen-bond donors (Lipinski definition) is 1. The van der Waals surface area contributed by atoms with Crippen molar-refractivity contribution >= 4 is 5.97 Å². The molecule has 0 amide bonds. The molecule has 12 heavy (non-hydrogen) atoms. The monoisotopic (exact) mass is 164 g/mol. The lowest BCUT2D eigenvalue weighted by molar-refractivity contribution is -0.132. The Hall–Kier alpha value is -1.57. The predicted molar refractivity (Wildman–Crippen MR) is 49.9 cm³/mol. The molecule has 2 heteroatoms. The van der Waals surface area contributed by atoms with Crippen LogP contribution in [0.1, 0.15) is 6.92 Å². The van der Waals surface area contributed by atoms with E-state index in [1.165, 1.54) is 18.2 Å². The van der Waals surface area contributed by atoms with Gasteiger partial charge in [0, 0.05) is 0 Å². The summed E-state index contributed by atoms with van der Waals surface area (Å²) in [7, 11) is 0. The number of hydrogen-bond acceptors (Lipinski definition) is 1. The number of carbonyl (C=O) groups is 1. The Kier molecular flexibility index (Phi) is 4.46. The zero-order chi connectivity index (χ0) is 9.56.